The van der Waals surface area contributed by atoms with E-state index >= 15 is 0 Å². The molecule has 0 saturated carbocycles. The maximum atomic E-state index is 13.3. The van der Waals surface area contributed by atoms with Crippen LogP contribution in [0.4, 0.5) is 0 Å². The van der Waals surface area contributed by atoms with E-state index in [2.05, 4.69) is 0 Å². The zero-order valence-electron chi connectivity index (χ0n) is 20.4. The molecule has 1 heterocycles. The molecule has 0 bridgehead atoms. The summed E-state index contributed by atoms with van der Waals surface area (Å²) < 4.78 is 16.6. The van der Waals surface area contributed by atoms with Crippen LogP contribution in [0.3, 0.4) is 0 Å². The summed E-state index contributed by atoms with van der Waals surface area (Å²) in [6.07, 6.45) is 0. The van der Waals surface area contributed by atoms with Gasteiger partial charge >= 0.3 is 0 Å². The van der Waals surface area contributed by atoms with E-state index in [-0.39, 0.29) is 46.1 Å². The van der Waals surface area contributed by atoms with Crippen LogP contribution in [-0.2, 0) is 12.0 Å². The summed E-state index contributed by atoms with van der Waals surface area (Å²) in [6, 6.07) is 6.80. The zero-order valence-corrected chi connectivity index (χ0v) is 22.1. The van der Waals surface area contributed by atoms with Gasteiger partial charge in [-0.05, 0) is 42.2 Å². The van der Waals surface area contributed by atoms with Gasteiger partial charge in [-0.25, -0.2) is 0 Å². The molecule has 1 aliphatic heterocycles. The summed E-state index contributed by atoms with van der Waals surface area (Å²) in [7, 11) is 3.12. The third-order valence-corrected chi connectivity index (χ3v) is 5.65. The number of rotatable bonds is 8. The number of nitrogens with one attached hydrogen (secondary N) is 1. The van der Waals surface area contributed by atoms with Gasteiger partial charge in [0.1, 0.15) is 11.6 Å². The molecule has 3 N–H and O–H groups in total. The SMILES string of the molecule is Br.CCOc1cc2c(cc1C(N)=O)C(=N)N(CC(=O)c1cc(OC)c(OC)c(C(C)(C)C)c1)C2. The number of primary amides is 1. The molecule has 184 valence electrons. The third-order valence-electron chi connectivity index (χ3n) is 5.65. The lowest BCUT2D eigenvalue weighted by Crippen LogP contribution is -2.30. The molecule has 8 nitrogen and oxygen atoms in total. The Morgan fingerprint density at radius 2 is 1.76 bits per heavy atom. The van der Waals surface area contributed by atoms with Crippen LogP contribution in [-0.4, -0.2) is 49.8 Å². The van der Waals surface area contributed by atoms with Gasteiger partial charge in [0.2, 0.25) is 0 Å². The van der Waals surface area contributed by atoms with Crippen molar-refractivity contribution in [2.75, 3.05) is 27.4 Å². The third kappa shape index (κ3) is 5.19. The van der Waals surface area contributed by atoms with E-state index in [1.165, 1.54) is 7.11 Å². The fourth-order valence-corrected chi connectivity index (χ4v) is 3.98. The molecule has 0 unspecified atom stereocenters. The first-order valence-corrected chi connectivity index (χ1v) is 10.7. The van der Waals surface area contributed by atoms with E-state index in [0.717, 1.165) is 11.1 Å². The summed E-state index contributed by atoms with van der Waals surface area (Å²) >= 11 is 0. The molecule has 3 rings (SSSR count). The van der Waals surface area contributed by atoms with Gasteiger partial charge in [0, 0.05) is 23.2 Å². The predicted molar refractivity (Wildman–Crippen MR) is 136 cm³/mol. The monoisotopic (exact) mass is 533 g/mol. The molecule has 2 aromatic carbocycles. The number of methoxy groups -OCH3 is 2. The quantitative estimate of drug-likeness (QED) is 0.493. The Bertz CT molecular complexity index is 1120. The molecule has 0 aliphatic carbocycles. The molecule has 0 fully saturated rings. The lowest BCUT2D eigenvalue weighted by atomic mass is 9.84. The fraction of sp³-hybridized carbons (Fsp3) is 0.400. The topological polar surface area (TPSA) is 115 Å². The van der Waals surface area contributed by atoms with Crippen LogP contribution in [0.1, 0.15) is 65.1 Å². The number of hydrogen-bond acceptors (Lipinski definition) is 6. The number of amides is 1. The lowest BCUT2D eigenvalue weighted by Gasteiger charge is -2.25. The largest absolute Gasteiger partial charge is 0.493 e. The number of hydrogen-bond donors (Lipinski definition) is 2. The maximum Gasteiger partial charge on any atom is 0.252 e. The van der Waals surface area contributed by atoms with E-state index < -0.39 is 5.91 Å². The molecule has 0 radical (unpaired) electrons. The van der Waals surface area contributed by atoms with Gasteiger partial charge in [0.05, 0.1) is 32.9 Å². The highest BCUT2D eigenvalue weighted by Crippen LogP contribution is 2.40. The van der Waals surface area contributed by atoms with Crippen molar-refractivity contribution >= 4 is 34.5 Å². The standard InChI is InChI=1S/C25H31N3O5.BrH/c1-7-33-20-10-15-12-28(23(26)16(15)11-17(20)24(27)30)13-19(29)14-8-18(25(2,3)4)22(32-6)21(9-14)31-5;/h8-11,26H,7,12-13H2,1-6H3,(H2,27,30);1H. The Morgan fingerprint density at radius 1 is 1.09 bits per heavy atom. The minimum absolute atomic E-state index is 0. The normalized spacial score (nSPS) is 12.6. The molecule has 0 atom stereocenters. The molecule has 9 heteroatoms. The smallest absolute Gasteiger partial charge is 0.252 e. The van der Waals surface area contributed by atoms with Gasteiger partial charge in [-0.3, -0.25) is 15.0 Å². The van der Waals surface area contributed by atoms with E-state index in [9.17, 15) is 9.59 Å². The first kappa shape index (κ1) is 27.2. The maximum absolute atomic E-state index is 13.3. The highest BCUT2D eigenvalue weighted by Gasteiger charge is 2.30. The molecule has 1 aliphatic rings. The Labute approximate surface area is 210 Å². The van der Waals surface area contributed by atoms with Crippen LogP contribution in [0.15, 0.2) is 24.3 Å². The van der Waals surface area contributed by atoms with E-state index in [0.29, 0.717) is 41.5 Å². The molecule has 2 aromatic rings. The molecule has 34 heavy (non-hydrogen) atoms. The van der Waals surface area contributed by atoms with E-state index in [1.54, 1.807) is 30.2 Å². The Kier molecular flexibility index (Phi) is 8.36. The number of carbonyl (C=O) groups is 2. The number of fused-ring (bicyclic) bond motifs is 1. The number of carbonyl (C=O) groups excluding carboxylic acids is 2. The molecule has 0 saturated heterocycles. The number of ketones is 1. The fourth-order valence-electron chi connectivity index (χ4n) is 3.98. The predicted octanol–water partition coefficient (Wildman–Crippen LogP) is 4.10. The highest BCUT2D eigenvalue weighted by molar-refractivity contribution is 8.93. The second kappa shape index (κ2) is 10.5. The van der Waals surface area contributed by atoms with Crippen molar-refractivity contribution in [1.82, 2.24) is 4.90 Å². The minimum atomic E-state index is -0.622. The van der Waals surface area contributed by atoms with Crippen LogP contribution in [0.2, 0.25) is 0 Å². The average Bonchev–Trinajstić information content (AvgIpc) is 3.05. The summed E-state index contributed by atoms with van der Waals surface area (Å²) in [5, 5.41) is 8.57. The number of Topliss-reactive ketones (excluding diaryl/α,β-unsaturated/α-hetero) is 1. The Balaban J connectivity index is 0.00000408. The van der Waals surface area contributed by atoms with Gasteiger partial charge in [-0.2, -0.15) is 0 Å². The summed E-state index contributed by atoms with van der Waals surface area (Å²) in [6.45, 7) is 8.68. The van der Waals surface area contributed by atoms with Crippen molar-refractivity contribution in [3.63, 3.8) is 0 Å². The lowest BCUT2D eigenvalue weighted by molar-refractivity contribution is 0.0960. The highest BCUT2D eigenvalue weighted by atomic mass is 79.9. The molecule has 1 amide bonds. The van der Waals surface area contributed by atoms with Crippen molar-refractivity contribution in [1.29, 1.82) is 5.41 Å². The first-order valence-electron chi connectivity index (χ1n) is 10.7. The van der Waals surface area contributed by atoms with Crippen molar-refractivity contribution in [3.8, 4) is 17.2 Å². The van der Waals surface area contributed by atoms with Crippen molar-refractivity contribution < 1.29 is 23.8 Å². The van der Waals surface area contributed by atoms with Crippen LogP contribution in [0.5, 0.6) is 17.2 Å². The average molecular weight is 534 g/mol. The van der Waals surface area contributed by atoms with Gasteiger partial charge in [-0.1, -0.05) is 20.8 Å². The first-order chi connectivity index (χ1) is 15.5. The second-order valence-electron chi connectivity index (χ2n) is 8.94. The number of benzene rings is 2. The number of nitrogens with zero attached hydrogens (tertiary/aromatic N) is 1. The van der Waals surface area contributed by atoms with E-state index in [4.69, 9.17) is 25.4 Å². The number of nitrogens with two attached hydrogens (primary N) is 1. The zero-order chi connectivity index (χ0) is 24.5. The molecular formula is C25H32BrN3O5. The number of ether oxygens (including phenoxy) is 3. The number of halogens is 1. The number of amidine groups is 1. The Morgan fingerprint density at radius 3 is 2.29 bits per heavy atom. The minimum Gasteiger partial charge on any atom is -0.493 e. The van der Waals surface area contributed by atoms with Crippen molar-refractivity contribution in [2.45, 2.75) is 39.7 Å². The summed E-state index contributed by atoms with van der Waals surface area (Å²) in [4.78, 5) is 26.8. The summed E-state index contributed by atoms with van der Waals surface area (Å²) in [5.74, 6) is 0.869. The molecule has 0 aromatic heterocycles. The van der Waals surface area contributed by atoms with E-state index in [1.807, 2.05) is 33.8 Å². The van der Waals surface area contributed by atoms with Gasteiger partial charge < -0.3 is 24.8 Å². The second-order valence-corrected chi connectivity index (χ2v) is 8.94. The summed E-state index contributed by atoms with van der Waals surface area (Å²) in [5.41, 5.74) is 8.17. The molecule has 0 spiro atoms. The van der Waals surface area contributed by atoms with Gasteiger partial charge in [0.25, 0.3) is 5.91 Å². The van der Waals surface area contributed by atoms with Crippen LogP contribution in [0, 0.1) is 5.41 Å². The van der Waals surface area contributed by atoms with Crippen LogP contribution < -0.4 is 19.9 Å². The van der Waals surface area contributed by atoms with Crippen LogP contribution >= 0.6 is 17.0 Å². The van der Waals surface area contributed by atoms with Crippen molar-refractivity contribution in [2.24, 2.45) is 5.73 Å². The van der Waals surface area contributed by atoms with Gasteiger partial charge in [0.15, 0.2) is 17.3 Å². The molecular weight excluding hydrogens is 502 g/mol. The van der Waals surface area contributed by atoms with Gasteiger partial charge in [-0.15, -0.1) is 17.0 Å². The van der Waals surface area contributed by atoms with Crippen LogP contribution in [0.25, 0.3) is 0 Å². The van der Waals surface area contributed by atoms with Crippen molar-refractivity contribution in [3.05, 3.63) is 52.1 Å². The Hall–Kier alpha value is -3.07.